The third-order valence-electron chi connectivity index (χ3n) is 4.46. The second-order valence-electron chi connectivity index (χ2n) is 5.73. The summed E-state index contributed by atoms with van der Waals surface area (Å²) in [6, 6.07) is 0. The van der Waals surface area contributed by atoms with E-state index in [1.807, 2.05) is 0 Å². The van der Waals surface area contributed by atoms with Crippen molar-refractivity contribution in [3.63, 3.8) is 0 Å². The van der Waals surface area contributed by atoms with Gasteiger partial charge in [-0.25, -0.2) is 0 Å². The quantitative estimate of drug-likeness (QED) is 0.743. The average molecular weight is 253 g/mol. The number of rotatable bonds is 5. The zero-order valence-electron chi connectivity index (χ0n) is 11.2. The third-order valence-corrected chi connectivity index (χ3v) is 5.87. The van der Waals surface area contributed by atoms with Crippen LogP contribution >= 0.6 is 11.8 Å². The number of hydrogen-bond donors (Lipinski definition) is 1. The minimum Gasteiger partial charge on any atom is -0.315 e. The van der Waals surface area contributed by atoms with Crippen molar-refractivity contribution in [2.45, 2.75) is 56.1 Å². The molecule has 1 saturated carbocycles. The molecule has 98 valence electrons. The Bertz CT molecular complexity index is 243. The van der Waals surface area contributed by atoms with Gasteiger partial charge in [-0.1, -0.05) is 31.4 Å². The van der Waals surface area contributed by atoms with Crippen molar-refractivity contribution < 1.29 is 0 Å². The molecule has 0 spiro atoms. The lowest BCUT2D eigenvalue weighted by atomic mass is 9.88. The molecule has 17 heavy (non-hydrogen) atoms. The monoisotopic (exact) mass is 253 g/mol. The standard InChI is InChI=1S/C15H27NS/c1-17-15(10-6-3-7-11-15)13-16-12-14-8-4-2-5-9-14/h2,4,14,16H,3,5-13H2,1H3. The Balaban J connectivity index is 1.70. The Morgan fingerprint density at radius 2 is 2.06 bits per heavy atom. The fraction of sp³-hybridized carbons (Fsp3) is 0.867. The molecule has 0 amide bonds. The fourth-order valence-corrected chi connectivity index (χ4v) is 4.14. The first kappa shape index (κ1) is 13.5. The van der Waals surface area contributed by atoms with Gasteiger partial charge in [0.05, 0.1) is 0 Å². The largest absolute Gasteiger partial charge is 0.315 e. The maximum absolute atomic E-state index is 3.76. The van der Waals surface area contributed by atoms with Crippen LogP contribution in [0.4, 0.5) is 0 Å². The number of nitrogens with one attached hydrogen (secondary N) is 1. The Morgan fingerprint density at radius 1 is 1.24 bits per heavy atom. The van der Waals surface area contributed by atoms with Gasteiger partial charge in [0.1, 0.15) is 0 Å². The van der Waals surface area contributed by atoms with E-state index in [1.165, 1.54) is 64.5 Å². The lowest BCUT2D eigenvalue weighted by Gasteiger charge is -2.36. The highest BCUT2D eigenvalue weighted by Crippen LogP contribution is 2.38. The van der Waals surface area contributed by atoms with Crippen LogP contribution in [0.2, 0.25) is 0 Å². The van der Waals surface area contributed by atoms with E-state index in [0.29, 0.717) is 4.75 Å². The molecule has 0 aromatic rings. The highest BCUT2D eigenvalue weighted by molar-refractivity contribution is 8.00. The molecule has 0 radical (unpaired) electrons. The molecule has 0 heterocycles. The van der Waals surface area contributed by atoms with E-state index in [0.717, 1.165) is 5.92 Å². The second-order valence-corrected chi connectivity index (χ2v) is 7.00. The fourth-order valence-electron chi connectivity index (χ4n) is 3.19. The van der Waals surface area contributed by atoms with Crippen LogP contribution in [0.3, 0.4) is 0 Å². The van der Waals surface area contributed by atoms with E-state index in [2.05, 4.69) is 35.5 Å². The second kappa shape index (κ2) is 6.84. The van der Waals surface area contributed by atoms with Gasteiger partial charge >= 0.3 is 0 Å². The van der Waals surface area contributed by atoms with Crippen LogP contribution in [0.5, 0.6) is 0 Å². The molecule has 0 bridgehead atoms. The Labute approximate surface area is 111 Å². The highest BCUT2D eigenvalue weighted by atomic mass is 32.2. The zero-order chi connectivity index (χ0) is 12.0. The van der Waals surface area contributed by atoms with E-state index in [-0.39, 0.29) is 0 Å². The molecule has 1 fully saturated rings. The summed E-state index contributed by atoms with van der Waals surface area (Å²) >= 11 is 2.10. The van der Waals surface area contributed by atoms with E-state index in [9.17, 15) is 0 Å². The Kier molecular flexibility index (Phi) is 5.43. The molecule has 0 aliphatic heterocycles. The minimum absolute atomic E-state index is 0.558. The van der Waals surface area contributed by atoms with E-state index in [4.69, 9.17) is 0 Å². The van der Waals surface area contributed by atoms with Crippen molar-refractivity contribution in [2.75, 3.05) is 19.3 Å². The first-order valence-corrected chi connectivity index (χ1v) is 8.48. The molecular weight excluding hydrogens is 226 g/mol. The lowest BCUT2D eigenvalue weighted by molar-refractivity contribution is 0.359. The third kappa shape index (κ3) is 4.03. The van der Waals surface area contributed by atoms with E-state index >= 15 is 0 Å². The zero-order valence-corrected chi connectivity index (χ0v) is 12.0. The summed E-state index contributed by atoms with van der Waals surface area (Å²) < 4.78 is 0.558. The molecule has 0 aromatic carbocycles. The van der Waals surface area contributed by atoms with Gasteiger partial charge in [-0.15, -0.1) is 0 Å². The van der Waals surface area contributed by atoms with E-state index < -0.39 is 0 Å². The Morgan fingerprint density at radius 3 is 2.71 bits per heavy atom. The summed E-state index contributed by atoms with van der Waals surface area (Å²) in [7, 11) is 0. The van der Waals surface area contributed by atoms with Crippen LogP contribution in [-0.4, -0.2) is 24.1 Å². The van der Waals surface area contributed by atoms with Crippen molar-refractivity contribution in [1.82, 2.24) is 5.32 Å². The molecule has 1 nitrogen and oxygen atoms in total. The normalized spacial score (nSPS) is 28.2. The van der Waals surface area contributed by atoms with Gasteiger partial charge in [0.2, 0.25) is 0 Å². The predicted octanol–water partition coefficient (Wildman–Crippen LogP) is 4.00. The highest BCUT2D eigenvalue weighted by Gasteiger charge is 2.30. The Hall–Kier alpha value is 0.0500. The first-order valence-electron chi connectivity index (χ1n) is 7.25. The number of hydrogen-bond acceptors (Lipinski definition) is 2. The summed E-state index contributed by atoms with van der Waals surface area (Å²) in [5.74, 6) is 0.891. The van der Waals surface area contributed by atoms with Gasteiger partial charge in [0, 0.05) is 11.3 Å². The van der Waals surface area contributed by atoms with Crippen LogP contribution in [0, 0.1) is 5.92 Å². The summed E-state index contributed by atoms with van der Waals surface area (Å²) in [6.07, 6.45) is 18.1. The topological polar surface area (TPSA) is 12.0 Å². The maximum Gasteiger partial charge on any atom is 0.0281 e. The average Bonchev–Trinajstić information content (AvgIpc) is 2.41. The van der Waals surface area contributed by atoms with Crippen LogP contribution in [0.1, 0.15) is 51.4 Å². The molecule has 2 rings (SSSR count). The smallest absolute Gasteiger partial charge is 0.0281 e. The molecule has 1 N–H and O–H groups in total. The van der Waals surface area contributed by atoms with Gasteiger partial charge < -0.3 is 5.32 Å². The molecule has 2 aliphatic rings. The molecule has 2 aliphatic carbocycles. The first-order chi connectivity index (χ1) is 8.35. The van der Waals surface area contributed by atoms with Gasteiger partial charge in [-0.2, -0.15) is 11.8 Å². The van der Waals surface area contributed by atoms with Crippen molar-refractivity contribution >= 4 is 11.8 Å². The van der Waals surface area contributed by atoms with Crippen LogP contribution in [0.25, 0.3) is 0 Å². The van der Waals surface area contributed by atoms with Crippen LogP contribution in [0.15, 0.2) is 12.2 Å². The van der Waals surface area contributed by atoms with E-state index in [1.54, 1.807) is 0 Å². The lowest BCUT2D eigenvalue weighted by Crippen LogP contribution is -2.41. The predicted molar refractivity (Wildman–Crippen MR) is 78.7 cm³/mol. The minimum atomic E-state index is 0.558. The van der Waals surface area contributed by atoms with Crippen LogP contribution < -0.4 is 5.32 Å². The molecule has 0 saturated heterocycles. The maximum atomic E-state index is 3.76. The number of thioether (sulfide) groups is 1. The molecule has 0 aromatic heterocycles. The summed E-state index contributed by atoms with van der Waals surface area (Å²) in [5.41, 5.74) is 0. The van der Waals surface area contributed by atoms with Gasteiger partial charge in [0.15, 0.2) is 0 Å². The number of allylic oxidation sites excluding steroid dienone is 2. The van der Waals surface area contributed by atoms with Crippen molar-refractivity contribution in [1.29, 1.82) is 0 Å². The van der Waals surface area contributed by atoms with Crippen LogP contribution in [-0.2, 0) is 0 Å². The summed E-state index contributed by atoms with van der Waals surface area (Å²) in [5, 5.41) is 3.76. The van der Waals surface area contributed by atoms with Gasteiger partial charge in [-0.05, 0) is 50.8 Å². The SMILES string of the molecule is CSC1(CNCC2CC=CCC2)CCCCC1. The van der Waals surface area contributed by atoms with Gasteiger partial charge in [0.25, 0.3) is 0 Å². The van der Waals surface area contributed by atoms with Crippen molar-refractivity contribution in [3.05, 3.63) is 12.2 Å². The molecular formula is C15H27NS. The van der Waals surface area contributed by atoms with Crippen molar-refractivity contribution in [3.8, 4) is 0 Å². The summed E-state index contributed by atoms with van der Waals surface area (Å²) in [6.45, 7) is 2.46. The summed E-state index contributed by atoms with van der Waals surface area (Å²) in [4.78, 5) is 0. The van der Waals surface area contributed by atoms with Crippen molar-refractivity contribution in [2.24, 2.45) is 5.92 Å². The molecule has 1 unspecified atom stereocenters. The van der Waals surface area contributed by atoms with Gasteiger partial charge in [-0.3, -0.25) is 0 Å². The molecule has 1 atom stereocenters. The molecule has 2 heteroatoms.